The van der Waals surface area contributed by atoms with Crippen molar-refractivity contribution in [2.75, 3.05) is 12.4 Å². The third-order valence-corrected chi connectivity index (χ3v) is 11.4. The van der Waals surface area contributed by atoms with Crippen LogP contribution in [-0.2, 0) is 11.2 Å². The van der Waals surface area contributed by atoms with Crippen molar-refractivity contribution in [2.24, 2.45) is 17.8 Å². The van der Waals surface area contributed by atoms with Gasteiger partial charge in [0.25, 0.3) is 5.91 Å². The molecule has 1 heterocycles. The Hall–Kier alpha value is -2.42. The van der Waals surface area contributed by atoms with Crippen LogP contribution in [0.25, 0.3) is 0 Å². The molecule has 1 N–H and O–H groups in total. The van der Waals surface area contributed by atoms with E-state index in [1.54, 1.807) is 7.11 Å². The smallest absolute Gasteiger partial charge is 0.298 e. The van der Waals surface area contributed by atoms with E-state index in [-0.39, 0.29) is 23.5 Å². The minimum Gasteiger partial charge on any atom is -0.497 e. The average molecular weight is 603 g/mol. The standard InChI is InChI=1S/C36H47ClN2O2Si/c1-6-7-8-29-18-28-19-30(41-2)10-11-31(28)35(39(29)34(40)13-14-42(3,4)5)27-9-12-33(32(37)20-27)38-36-21-24-15-25(22-36)17-26(16-24)23-36/h9-12,19-20,24-26,29,35,38H,6-8,15-18,21-23H2,1-5H3/t24?,25?,26?,29-,35-,36?/m0/s1. The fourth-order valence-electron chi connectivity index (χ4n) is 8.83. The maximum absolute atomic E-state index is 14.0. The third kappa shape index (κ3) is 5.99. The lowest BCUT2D eigenvalue weighted by Crippen LogP contribution is -2.54. The van der Waals surface area contributed by atoms with Crippen LogP contribution in [0.5, 0.6) is 5.75 Å². The van der Waals surface area contributed by atoms with Gasteiger partial charge in [-0.1, -0.05) is 63.1 Å². The molecule has 0 aromatic heterocycles. The molecule has 2 aromatic carbocycles. The van der Waals surface area contributed by atoms with Gasteiger partial charge in [-0.25, -0.2) is 0 Å². The average Bonchev–Trinajstić information content (AvgIpc) is 2.93. The number of benzene rings is 2. The van der Waals surface area contributed by atoms with E-state index in [2.05, 4.69) is 78.6 Å². The Morgan fingerprint density at radius 3 is 2.36 bits per heavy atom. The highest BCUT2D eigenvalue weighted by Crippen LogP contribution is 2.57. The molecule has 4 saturated carbocycles. The first-order valence-corrected chi connectivity index (χ1v) is 20.0. The predicted octanol–water partition coefficient (Wildman–Crippen LogP) is 8.64. The topological polar surface area (TPSA) is 41.6 Å². The van der Waals surface area contributed by atoms with Crippen molar-refractivity contribution in [2.45, 2.75) is 108 Å². The van der Waals surface area contributed by atoms with Gasteiger partial charge >= 0.3 is 0 Å². The van der Waals surface area contributed by atoms with Crippen molar-refractivity contribution in [1.29, 1.82) is 0 Å². The van der Waals surface area contributed by atoms with Crippen molar-refractivity contribution in [3.8, 4) is 17.2 Å². The number of fused-ring (bicyclic) bond motifs is 1. The molecule has 0 unspecified atom stereocenters. The Kier molecular flexibility index (Phi) is 8.17. The van der Waals surface area contributed by atoms with Gasteiger partial charge in [0.2, 0.25) is 0 Å². The number of nitrogens with zero attached hydrogens (tertiary/aromatic N) is 1. The molecule has 42 heavy (non-hydrogen) atoms. The zero-order valence-electron chi connectivity index (χ0n) is 26.1. The van der Waals surface area contributed by atoms with Gasteiger partial charge in [-0.2, -0.15) is 0 Å². The maximum Gasteiger partial charge on any atom is 0.298 e. The Labute approximate surface area is 258 Å². The lowest BCUT2D eigenvalue weighted by molar-refractivity contribution is -0.130. The number of unbranched alkanes of at least 4 members (excludes halogenated alkanes) is 1. The fraction of sp³-hybridized carbons (Fsp3) is 0.583. The highest BCUT2D eigenvalue weighted by molar-refractivity contribution is 6.84. The van der Waals surface area contributed by atoms with Gasteiger partial charge in [-0.3, -0.25) is 4.79 Å². The molecule has 0 spiro atoms. The monoisotopic (exact) mass is 602 g/mol. The molecule has 0 saturated heterocycles. The number of methoxy groups -OCH3 is 1. The maximum atomic E-state index is 14.0. The van der Waals surface area contributed by atoms with E-state index in [0.717, 1.165) is 71.0 Å². The lowest BCUT2D eigenvalue weighted by atomic mass is 9.53. The van der Waals surface area contributed by atoms with Crippen LogP contribution >= 0.6 is 11.6 Å². The van der Waals surface area contributed by atoms with Gasteiger partial charge in [0, 0.05) is 11.6 Å². The second-order valence-electron chi connectivity index (χ2n) is 14.7. The van der Waals surface area contributed by atoms with E-state index in [1.165, 1.54) is 44.1 Å². The summed E-state index contributed by atoms with van der Waals surface area (Å²) in [7, 11) is -0.00581. The summed E-state index contributed by atoms with van der Waals surface area (Å²) in [6, 6.07) is 12.6. The van der Waals surface area contributed by atoms with E-state index >= 15 is 0 Å². The van der Waals surface area contributed by atoms with E-state index < -0.39 is 8.07 Å². The van der Waals surface area contributed by atoms with Crippen LogP contribution in [0.15, 0.2) is 36.4 Å². The Morgan fingerprint density at radius 2 is 1.76 bits per heavy atom. The summed E-state index contributed by atoms with van der Waals surface area (Å²) in [5.41, 5.74) is 8.00. The summed E-state index contributed by atoms with van der Waals surface area (Å²) in [4.78, 5) is 16.1. The first-order valence-electron chi connectivity index (χ1n) is 16.2. The van der Waals surface area contributed by atoms with Crippen LogP contribution in [-0.4, -0.2) is 37.6 Å². The molecule has 1 amide bonds. The number of halogens is 1. The third-order valence-electron chi connectivity index (χ3n) is 10.2. The molecular formula is C36H47ClN2O2Si. The molecule has 6 heteroatoms. The Bertz CT molecular complexity index is 1370. The summed E-state index contributed by atoms with van der Waals surface area (Å²) >= 11 is 7.12. The van der Waals surface area contributed by atoms with Gasteiger partial charge in [-0.15, -0.1) is 5.54 Å². The number of amides is 1. The number of ether oxygens (including phenoxy) is 1. The number of hydrogen-bond acceptors (Lipinski definition) is 3. The molecule has 2 aromatic rings. The quantitative estimate of drug-likeness (QED) is 0.255. The summed E-state index contributed by atoms with van der Waals surface area (Å²) in [6.45, 7) is 8.77. The summed E-state index contributed by atoms with van der Waals surface area (Å²) < 4.78 is 5.61. The molecule has 2 atom stereocenters. The van der Waals surface area contributed by atoms with Gasteiger partial charge in [0.05, 0.1) is 23.9 Å². The Morgan fingerprint density at radius 1 is 1.07 bits per heavy atom. The van der Waals surface area contributed by atoms with Gasteiger partial charge in [0.15, 0.2) is 0 Å². The van der Waals surface area contributed by atoms with Crippen LogP contribution < -0.4 is 10.1 Å². The van der Waals surface area contributed by atoms with E-state index in [9.17, 15) is 4.79 Å². The van der Waals surface area contributed by atoms with Crippen molar-refractivity contribution in [3.05, 3.63) is 58.1 Å². The minimum absolute atomic E-state index is 0.0709. The zero-order chi connectivity index (χ0) is 29.6. The number of carbonyl (C=O) groups excluding carboxylic acids is 1. The largest absolute Gasteiger partial charge is 0.497 e. The van der Waals surface area contributed by atoms with E-state index in [1.807, 2.05) is 6.07 Å². The molecule has 1 aliphatic heterocycles. The predicted molar refractivity (Wildman–Crippen MR) is 176 cm³/mol. The molecular weight excluding hydrogens is 556 g/mol. The molecule has 5 aliphatic rings. The second-order valence-corrected chi connectivity index (χ2v) is 19.9. The van der Waals surface area contributed by atoms with Crippen LogP contribution in [0, 0.1) is 29.2 Å². The number of carbonyl (C=O) groups is 1. The van der Waals surface area contributed by atoms with Gasteiger partial charge in [-0.05, 0) is 116 Å². The van der Waals surface area contributed by atoms with Crippen LogP contribution in [0.2, 0.25) is 24.7 Å². The van der Waals surface area contributed by atoms with Gasteiger partial charge in [0.1, 0.15) is 13.8 Å². The highest BCUT2D eigenvalue weighted by Gasteiger charge is 2.51. The first kappa shape index (κ1) is 29.6. The Balaban J connectivity index is 1.38. The van der Waals surface area contributed by atoms with Crippen LogP contribution in [0.3, 0.4) is 0 Å². The van der Waals surface area contributed by atoms with E-state index in [4.69, 9.17) is 16.3 Å². The molecule has 4 fully saturated rings. The highest BCUT2D eigenvalue weighted by atomic mass is 35.5. The van der Waals surface area contributed by atoms with Crippen LogP contribution in [0.4, 0.5) is 5.69 Å². The molecule has 0 radical (unpaired) electrons. The molecule has 4 bridgehead atoms. The van der Waals surface area contributed by atoms with Crippen molar-refractivity contribution >= 4 is 31.3 Å². The van der Waals surface area contributed by atoms with Crippen LogP contribution in [0.1, 0.15) is 87.4 Å². The SMILES string of the molecule is CCCC[C@H]1Cc2cc(OC)ccc2[C@H](c2ccc(NC34CC5CC(CC(C5)C3)C4)c(Cl)c2)N1C(=O)C#C[Si](C)(C)C. The van der Waals surface area contributed by atoms with E-state index in [0.29, 0.717) is 0 Å². The van der Waals surface area contributed by atoms with Crippen molar-refractivity contribution < 1.29 is 9.53 Å². The summed E-state index contributed by atoms with van der Waals surface area (Å²) in [6.07, 6.45) is 12.0. The molecule has 4 nitrogen and oxygen atoms in total. The summed E-state index contributed by atoms with van der Waals surface area (Å²) in [5.74, 6) is 6.48. The minimum atomic E-state index is -1.72. The molecule has 4 aliphatic carbocycles. The molecule has 224 valence electrons. The van der Waals surface area contributed by atoms with Crippen molar-refractivity contribution in [3.63, 3.8) is 0 Å². The lowest BCUT2D eigenvalue weighted by Gasteiger charge is -2.57. The molecule has 7 rings (SSSR count). The fourth-order valence-corrected chi connectivity index (χ4v) is 9.55. The zero-order valence-corrected chi connectivity index (χ0v) is 27.8. The summed E-state index contributed by atoms with van der Waals surface area (Å²) in [5, 5.41) is 4.72. The number of rotatable bonds is 7. The number of anilines is 1. The van der Waals surface area contributed by atoms with Crippen molar-refractivity contribution in [1.82, 2.24) is 4.90 Å². The van der Waals surface area contributed by atoms with Gasteiger partial charge < -0.3 is 15.0 Å². The number of nitrogens with one attached hydrogen (secondary N) is 1. The number of hydrogen-bond donors (Lipinski definition) is 1. The normalized spacial score (nSPS) is 29.5. The second kappa shape index (κ2) is 11.6. The first-order chi connectivity index (χ1) is 20.1.